The van der Waals surface area contributed by atoms with E-state index in [2.05, 4.69) is 5.32 Å². The molecule has 0 saturated heterocycles. The highest BCUT2D eigenvalue weighted by atomic mass is 19.1. The topological polar surface area (TPSA) is 32.3 Å². The fourth-order valence-corrected chi connectivity index (χ4v) is 2.01. The largest absolute Gasteiger partial charge is 0.384 e. The van der Waals surface area contributed by atoms with Gasteiger partial charge in [0, 0.05) is 13.1 Å². The Morgan fingerprint density at radius 1 is 1.05 bits per heavy atom. The molecule has 0 radical (unpaired) electrons. The van der Waals surface area contributed by atoms with Crippen LogP contribution in [-0.2, 0) is 12.1 Å². The molecule has 0 bridgehead atoms. The first-order chi connectivity index (χ1) is 9.47. The van der Waals surface area contributed by atoms with Crippen molar-refractivity contribution < 1.29 is 13.9 Å². The maximum absolute atomic E-state index is 13.0. The summed E-state index contributed by atoms with van der Waals surface area (Å²) in [6, 6.07) is 12.0. The van der Waals surface area contributed by atoms with Gasteiger partial charge in [0.15, 0.2) is 0 Å². The molecule has 4 heteroatoms. The van der Waals surface area contributed by atoms with Gasteiger partial charge in [-0.3, -0.25) is 0 Å². The van der Waals surface area contributed by atoms with E-state index < -0.39 is 5.60 Å². The fraction of sp³-hybridized carbons (Fsp3) is 0.250. The lowest BCUT2D eigenvalue weighted by atomic mass is 9.96. The monoisotopic (exact) mass is 277 g/mol. The normalized spacial score (nSPS) is 14.0. The minimum Gasteiger partial charge on any atom is -0.384 e. The van der Waals surface area contributed by atoms with Crippen molar-refractivity contribution in [2.45, 2.75) is 19.1 Å². The zero-order valence-electron chi connectivity index (χ0n) is 11.2. The molecule has 0 spiro atoms. The van der Waals surface area contributed by atoms with E-state index in [9.17, 15) is 13.9 Å². The Hall–Kier alpha value is -1.78. The number of benzene rings is 2. The Bertz CT molecular complexity index is 567. The summed E-state index contributed by atoms with van der Waals surface area (Å²) in [5.74, 6) is -0.619. The second-order valence-electron chi connectivity index (χ2n) is 5.01. The number of aliphatic hydroxyl groups is 1. The van der Waals surface area contributed by atoms with E-state index in [1.807, 2.05) is 6.07 Å². The molecule has 1 unspecified atom stereocenters. The lowest BCUT2D eigenvalue weighted by molar-refractivity contribution is 0.0566. The first-order valence-electron chi connectivity index (χ1n) is 6.41. The highest BCUT2D eigenvalue weighted by Crippen LogP contribution is 2.20. The second-order valence-corrected chi connectivity index (χ2v) is 5.01. The van der Waals surface area contributed by atoms with Gasteiger partial charge in [0.05, 0.1) is 5.60 Å². The van der Waals surface area contributed by atoms with Crippen LogP contribution in [0.3, 0.4) is 0 Å². The Morgan fingerprint density at radius 2 is 1.75 bits per heavy atom. The van der Waals surface area contributed by atoms with Gasteiger partial charge in [-0.15, -0.1) is 0 Å². The van der Waals surface area contributed by atoms with Crippen molar-refractivity contribution in [1.82, 2.24) is 5.32 Å². The van der Waals surface area contributed by atoms with Gasteiger partial charge in [0.2, 0.25) is 0 Å². The maximum Gasteiger partial charge on any atom is 0.123 e. The molecule has 2 nitrogen and oxygen atoms in total. The summed E-state index contributed by atoms with van der Waals surface area (Å²) in [6.07, 6.45) is 0. The molecule has 0 aromatic heterocycles. The van der Waals surface area contributed by atoms with Crippen LogP contribution in [-0.4, -0.2) is 11.7 Å². The Balaban J connectivity index is 1.94. The van der Waals surface area contributed by atoms with Crippen molar-refractivity contribution in [3.63, 3.8) is 0 Å². The first kappa shape index (κ1) is 14.6. The molecule has 0 amide bonds. The van der Waals surface area contributed by atoms with Crippen molar-refractivity contribution in [3.05, 3.63) is 71.3 Å². The molecule has 0 aliphatic rings. The first-order valence-corrected chi connectivity index (χ1v) is 6.41. The van der Waals surface area contributed by atoms with Gasteiger partial charge >= 0.3 is 0 Å². The molecule has 2 N–H and O–H groups in total. The van der Waals surface area contributed by atoms with Gasteiger partial charge in [-0.2, -0.15) is 0 Å². The van der Waals surface area contributed by atoms with Gasteiger partial charge in [-0.1, -0.05) is 24.3 Å². The van der Waals surface area contributed by atoms with E-state index >= 15 is 0 Å². The smallest absolute Gasteiger partial charge is 0.123 e. The number of nitrogens with one attached hydrogen (secondary N) is 1. The highest BCUT2D eigenvalue weighted by molar-refractivity contribution is 5.23. The summed E-state index contributed by atoms with van der Waals surface area (Å²) in [7, 11) is 0. The zero-order chi connectivity index (χ0) is 14.6. The summed E-state index contributed by atoms with van der Waals surface area (Å²) >= 11 is 0. The van der Waals surface area contributed by atoms with E-state index in [1.54, 1.807) is 25.1 Å². The summed E-state index contributed by atoms with van der Waals surface area (Å²) in [6.45, 7) is 2.39. The number of halogens is 2. The maximum atomic E-state index is 13.0. The second kappa shape index (κ2) is 6.11. The molecule has 0 aliphatic heterocycles. The van der Waals surface area contributed by atoms with Gasteiger partial charge in [0.25, 0.3) is 0 Å². The van der Waals surface area contributed by atoms with Crippen molar-refractivity contribution in [3.8, 4) is 0 Å². The fourth-order valence-electron chi connectivity index (χ4n) is 2.01. The van der Waals surface area contributed by atoms with E-state index in [4.69, 9.17) is 0 Å². The van der Waals surface area contributed by atoms with Crippen molar-refractivity contribution in [1.29, 1.82) is 0 Å². The van der Waals surface area contributed by atoms with Gasteiger partial charge in [-0.25, -0.2) is 8.78 Å². The summed E-state index contributed by atoms with van der Waals surface area (Å²) in [5.41, 5.74) is 0.326. The minimum absolute atomic E-state index is 0.283. The van der Waals surface area contributed by atoms with Crippen LogP contribution >= 0.6 is 0 Å². The van der Waals surface area contributed by atoms with E-state index in [0.717, 1.165) is 5.56 Å². The summed E-state index contributed by atoms with van der Waals surface area (Å²) < 4.78 is 25.9. The molecule has 0 heterocycles. The van der Waals surface area contributed by atoms with Crippen molar-refractivity contribution in [2.24, 2.45) is 0 Å². The quantitative estimate of drug-likeness (QED) is 0.880. The van der Waals surface area contributed by atoms with E-state index in [1.165, 1.54) is 24.3 Å². The zero-order valence-corrected chi connectivity index (χ0v) is 11.2. The van der Waals surface area contributed by atoms with E-state index in [-0.39, 0.29) is 18.2 Å². The predicted octanol–water partition coefficient (Wildman–Crippen LogP) is 2.96. The lowest BCUT2D eigenvalue weighted by Gasteiger charge is -2.24. The molecule has 1 atom stereocenters. The van der Waals surface area contributed by atoms with Crippen LogP contribution in [0.2, 0.25) is 0 Å². The average Bonchev–Trinajstić information content (AvgIpc) is 2.39. The predicted molar refractivity (Wildman–Crippen MR) is 74.1 cm³/mol. The standard InChI is InChI=1S/C16H17F2NO/c1-16(20,13-5-7-14(17)8-6-13)11-19-10-12-3-2-4-15(18)9-12/h2-9,19-20H,10-11H2,1H3. The molecule has 106 valence electrons. The van der Waals surface area contributed by atoms with Crippen LogP contribution < -0.4 is 5.32 Å². The molecule has 0 aliphatic carbocycles. The van der Waals surface area contributed by atoms with Crippen molar-refractivity contribution in [2.75, 3.05) is 6.54 Å². The van der Waals surface area contributed by atoms with E-state index in [0.29, 0.717) is 12.1 Å². The van der Waals surface area contributed by atoms with Crippen LogP contribution in [0, 0.1) is 11.6 Å². The van der Waals surface area contributed by atoms with Crippen LogP contribution in [0.15, 0.2) is 48.5 Å². The van der Waals surface area contributed by atoms with Gasteiger partial charge in [0.1, 0.15) is 11.6 Å². The third-order valence-corrected chi connectivity index (χ3v) is 3.15. The molecule has 2 rings (SSSR count). The third kappa shape index (κ3) is 3.85. The molecule has 2 aromatic rings. The summed E-state index contributed by atoms with van der Waals surface area (Å²) in [4.78, 5) is 0. The Morgan fingerprint density at radius 3 is 2.40 bits per heavy atom. The van der Waals surface area contributed by atoms with Gasteiger partial charge < -0.3 is 10.4 Å². The number of hydrogen-bond acceptors (Lipinski definition) is 2. The molecule has 20 heavy (non-hydrogen) atoms. The molecule has 0 fully saturated rings. The molecule has 0 saturated carbocycles. The third-order valence-electron chi connectivity index (χ3n) is 3.15. The van der Waals surface area contributed by atoms with Gasteiger partial charge in [-0.05, 0) is 42.3 Å². The SMILES string of the molecule is CC(O)(CNCc1cccc(F)c1)c1ccc(F)cc1. The Labute approximate surface area is 117 Å². The van der Waals surface area contributed by atoms with Crippen molar-refractivity contribution >= 4 is 0 Å². The summed E-state index contributed by atoms with van der Waals surface area (Å²) in [5, 5.41) is 13.4. The van der Waals surface area contributed by atoms with Crippen LogP contribution in [0.1, 0.15) is 18.1 Å². The average molecular weight is 277 g/mol. The minimum atomic E-state index is -1.11. The lowest BCUT2D eigenvalue weighted by Crippen LogP contribution is -2.35. The number of hydrogen-bond donors (Lipinski definition) is 2. The molecule has 2 aromatic carbocycles. The number of rotatable bonds is 5. The molecular formula is C16H17F2NO. The highest BCUT2D eigenvalue weighted by Gasteiger charge is 2.22. The Kier molecular flexibility index (Phi) is 4.47. The van der Waals surface area contributed by atoms with Crippen LogP contribution in [0.4, 0.5) is 8.78 Å². The van der Waals surface area contributed by atoms with Crippen LogP contribution in [0.25, 0.3) is 0 Å². The van der Waals surface area contributed by atoms with Crippen LogP contribution in [0.5, 0.6) is 0 Å². The molecular weight excluding hydrogens is 260 g/mol.